The molecule has 0 unspecified atom stereocenters. The van der Waals surface area contributed by atoms with Gasteiger partial charge in [-0.25, -0.2) is 4.79 Å². The number of hydrogen-bond donors (Lipinski definition) is 0. The number of rotatable bonds is 13. The third kappa shape index (κ3) is 13.1. The molecule has 18 heavy (non-hydrogen) atoms. The van der Waals surface area contributed by atoms with Gasteiger partial charge in [-0.2, -0.15) is 0 Å². The van der Waals surface area contributed by atoms with Crippen molar-refractivity contribution in [1.29, 1.82) is 0 Å². The Labute approximate surface area is 108 Å². The lowest BCUT2D eigenvalue weighted by Crippen LogP contribution is -2.13. The molecule has 0 amide bonds. The van der Waals surface area contributed by atoms with Crippen LogP contribution < -0.4 is 0 Å². The second-order valence-electron chi connectivity index (χ2n) is 3.20. The molecular weight excluding hydrogens is 240 g/mol. The van der Waals surface area contributed by atoms with E-state index in [0.29, 0.717) is 46.2 Å². The van der Waals surface area contributed by atoms with Crippen molar-refractivity contribution in [3.8, 4) is 0 Å². The molecule has 0 rings (SSSR count). The predicted molar refractivity (Wildman–Crippen MR) is 65.5 cm³/mol. The maximum absolute atomic E-state index is 10.7. The first-order chi connectivity index (χ1) is 8.81. The van der Waals surface area contributed by atoms with E-state index in [4.69, 9.17) is 23.7 Å². The van der Waals surface area contributed by atoms with Gasteiger partial charge in [0.2, 0.25) is 0 Å². The van der Waals surface area contributed by atoms with Gasteiger partial charge in [0, 0.05) is 13.2 Å². The lowest BCUT2D eigenvalue weighted by atomic mass is 10.6. The first-order valence-corrected chi connectivity index (χ1v) is 5.82. The molecule has 106 valence electrons. The fourth-order valence-electron chi connectivity index (χ4n) is 0.944. The van der Waals surface area contributed by atoms with Gasteiger partial charge in [0.15, 0.2) is 0 Å². The Kier molecular flexibility index (Phi) is 13.4. The summed E-state index contributed by atoms with van der Waals surface area (Å²) in [6.07, 6.45) is 1.12. The first kappa shape index (κ1) is 17.1. The minimum Gasteiger partial charge on any atom is -0.460 e. The zero-order valence-electron chi connectivity index (χ0n) is 10.9. The maximum Gasteiger partial charge on any atom is 0.330 e. The molecule has 0 fully saturated rings. The molecule has 0 atom stereocenters. The molecule has 6 heteroatoms. The summed E-state index contributed by atoms with van der Waals surface area (Å²) < 4.78 is 25.2. The van der Waals surface area contributed by atoms with E-state index in [1.165, 1.54) is 0 Å². The zero-order valence-corrected chi connectivity index (χ0v) is 10.9. The Balaban J connectivity index is 2.98. The van der Waals surface area contributed by atoms with Crippen LogP contribution >= 0.6 is 0 Å². The average Bonchev–Trinajstić information content (AvgIpc) is 2.39. The summed E-state index contributed by atoms with van der Waals surface area (Å²) in [5.41, 5.74) is 0. The van der Waals surface area contributed by atoms with Gasteiger partial charge in [-0.15, -0.1) is 0 Å². The van der Waals surface area contributed by atoms with Crippen LogP contribution in [-0.4, -0.2) is 65.9 Å². The Hall–Kier alpha value is -0.950. The fourth-order valence-corrected chi connectivity index (χ4v) is 0.944. The van der Waals surface area contributed by atoms with Crippen LogP contribution in [0.25, 0.3) is 0 Å². The van der Waals surface area contributed by atoms with Gasteiger partial charge < -0.3 is 23.7 Å². The highest BCUT2D eigenvalue weighted by Crippen LogP contribution is 1.84. The van der Waals surface area contributed by atoms with Crippen LogP contribution in [0.2, 0.25) is 0 Å². The standard InChI is InChI=1S/C12H22O6/c1-3-12(13)18-11-10-17-9-8-16-7-6-15-5-4-14-2/h3H,1,4-11H2,2H3. The summed E-state index contributed by atoms with van der Waals surface area (Å²) in [7, 11) is 1.63. The Morgan fingerprint density at radius 2 is 1.33 bits per heavy atom. The van der Waals surface area contributed by atoms with Crippen LogP contribution in [0.5, 0.6) is 0 Å². The SMILES string of the molecule is C=CC(=O)OCCOCCOCCOCCOC. The van der Waals surface area contributed by atoms with Gasteiger partial charge in [0.1, 0.15) is 6.61 Å². The summed E-state index contributed by atoms with van der Waals surface area (Å²) in [6, 6.07) is 0. The smallest absolute Gasteiger partial charge is 0.330 e. The summed E-state index contributed by atoms with van der Waals surface area (Å²) in [4.78, 5) is 10.7. The topological polar surface area (TPSA) is 63.2 Å². The van der Waals surface area contributed by atoms with Crippen LogP contribution in [0, 0.1) is 0 Å². The normalized spacial score (nSPS) is 10.3. The monoisotopic (exact) mass is 262 g/mol. The van der Waals surface area contributed by atoms with E-state index >= 15 is 0 Å². The highest BCUT2D eigenvalue weighted by atomic mass is 16.6. The van der Waals surface area contributed by atoms with E-state index < -0.39 is 5.97 Å². The molecule has 0 aliphatic rings. The molecule has 0 aromatic carbocycles. The summed E-state index contributed by atoms with van der Waals surface area (Å²) in [5, 5.41) is 0. The molecule has 0 bridgehead atoms. The molecule has 0 aromatic heterocycles. The Bertz CT molecular complexity index is 207. The van der Waals surface area contributed by atoms with Gasteiger partial charge in [-0.3, -0.25) is 0 Å². The summed E-state index contributed by atoms with van der Waals surface area (Å²) in [5.74, 6) is -0.442. The van der Waals surface area contributed by atoms with Crippen molar-refractivity contribution >= 4 is 5.97 Å². The van der Waals surface area contributed by atoms with Crippen molar-refractivity contribution in [3.05, 3.63) is 12.7 Å². The van der Waals surface area contributed by atoms with E-state index in [2.05, 4.69) is 6.58 Å². The third-order valence-corrected chi connectivity index (χ3v) is 1.81. The highest BCUT2D eigenvalue weighted by Gasteiger charge is 1.95. The van der Waals surface area contributed by atoms with E-state index in [1.54, 1.807) is 7.11 Å². The maximum atomic E-state index is 10.7. The summed E-state index contributed by atoms with van der Waals surface area (Å²) in [6.45, 7) is 7.05. The van der Waals surface area contributed by atoms with E-state index in [-0.39, 0.29) is 6.61 Å². The minimum atomic E-state index is -0.442. The molecule has 0 saturated heterocycles. The number of carbonyl (C=O) groups is 1. The lowest BCUT2D eigenvalue weighted by Gasteiger charge is -2.06. The summed E-state index contributed by atoms with van der Waals surface area (Å²) >= 11 is 0. The molecule has 0 aromatic rings. The molecule has 0 spiro atoms. The molecular formula is C12H22O6. The number of esters is 1. The predicted octanol–water partition coefficient (Wildman–Crippen LogP) is 0.412. The van der Waals surface area contributed by atoms with Crippen LogP contribution in [0.3, 0.4) is 0 Å². The quantitative estimate of drug-likeness (QED) is 0.272. The highest BCUT2D eigenvalue weighted by molar-refractivity contribution is 5.81. The Morgan fingerprint density at radius 1 is 0.889 bits per heavy atom. The molecule has 0 heterocycles. The van der Waals surface area contributed by atoms with E-state index in [0.717, 1.165) is 6.08 Å². The van der Waals surface area contributed by atoms with Crippen molar-refractivity contribution in [2.24, 2.45) is 0 Å². The van der Waals surface area contributed by atoms with Crippen LogP contribution in [0.4, 0.5) is 0 Å². The van der Waals surface area contributed by atoms with Gasteiger partial charge in [0.05, 0.1) is 46.2 Å². The van der Waals surface area contributed by atoms with Crippen molar-refractivity contribution in [2.75, 3.05) is 60.0 Å². The molecule has 0 saturated carbocycles. The van der Waals surface area contributed by atoms with Gasteiger partial charge in [-0.1, -0.05) is 6.58 Å². The Morgan fingerprint density at radius 3 is 1.78 bits per heavy atom. The number of carbonyl (C=O) groups excluding carboxylic acids is 1. The van der Waals surface area contributed by atoms with Gasteiger partial charge in [0.25, 0.3) is 0 Å². The average molecular weight is 262 g/mol. The second kappa shape index (κ2) is 14.1. The second-order valence-corrected chi connectivity index (χ2v) is 3.20. The van der Waals surface area contributed by atoms with E-state index in [1.807, 2.05) is 0 Å². The number of methoxy groups -OCH3 is 1. The van der Waals surface area contributed by atoms with E-state index in [9.17, 15) is 4.79 Å². The largest absolute Gasteiger partial charge is 0.460 e. The van der Waals surface area contributed by atoms with Crippen molar-refractivity contribution in [3.63, 3.8) is 0 Å². The molecule has 0 radical (unpaired) electrons. The number of ether oxygens (including phenoxy) is 5. The lowest BCUT2D eigenvalue weighted by molar-refractivity contribution is -0.139. The molecule has 0 N–H and O–H groups in total. The van der Waals surface area contributed by atoms with Gasteiger partial charge >= 0.3 is 5.97 Å². The van der Waals surface area contributed by atoms with Crippen LogP contribution in [0.15, 0.2) is 12.7 Å². The first-order valence-electron chi connectivity index (χ1n) is 5.82. The van der Waals surface area contributed by atoms with Gasteiger partial charge in [-0.05, 0) is 0 Å². The van der Waals surface area contributed by atoms with Crippen molar-refractivity contribution in [2.45, 2.75) is 0 Å². The third-order valence-electron chi connectivity index (χ3n) is 1.81. The molecule has 0 aliphatic heterocycles. The fraction of sp³-hybridized carbons (Fsp3) is 0.750. The molecule has 0 aliphatic carbocycles. The zero-order chi connectivity index (χ0) is 13.5. The van der Waals surface area contributed by atoms with Crippen molar-refractivity contribution < 1.29 is 28.5 Å². The van der Waals surface area contributed by atoms with Crippen LogP contribution in [0.1, 0.15) is 0 Å². The number of hydrogen-bond acceptors (Lipinski definition) is 6. The van der Waals surface area contributed by atoms with Crippen molar-refractivity contribution in [1.82, 2.24) is 0 Å². The minimum absolute atomic E-state index is 0.227. The molecule has 6 nitrogen and oxygen atoms in total. The van der Waals surface area contributed by atoms with Crippen LogP contribution in [-0.2, 0) is 28.5 Å².